The summed E-state index contributed by atoms with van der Waals surface area (Å²) in [6.07, 6.45) is 4.45. The monoisotopic (exact) mass is 141 g/mol. The highest BCUT2D eigenvalue weighted by Gasteiger charge is 2.18. The average molecular weight is 141 g/mol. The molecule has 1 unspecified atom stereocenters. The van der Waals surface area contributed by atoms with Crippen molar-refractivity contribution < 1.29 is 9.53 Å². The van der Waals surface area contributed by atoms with E-state index < -0.39 is 0 Å². The number of carbonyl (C=O) groups excluding carboxylic acids is 1. The van der Waals surface area contributed by atoms with Gasteiger partial charge in [-0.15, -0.1) is 0 Å². The van der Waals surface area contributed by atoms with Crippen molar-refractivity contribution in [3.8, 4) is 0 Å². The van der Waals surface area contributed by atoms with Gasteiger partial charge in [0.2, 0.25) is 0 Å². The number of carbonyl (C=O) groups is 1. The Balaban J connectivity index is 2.28. The Kier molecular flexibility index (Phi) is 2.31. The summed E-state index contributed by atoms with van der Waals surface area (Å²) < 4.78 is 4.78. The van der Waals surface area contributed by atoms with Crippen molar-refractivity contribution in [2.24, 2.45) is 0 Å². The molecule has 1 aliphatic rings. The van der Waals surface area contributed by atoms with Gasteiger partial charge < -0.3 is 10.1 Å². The predicted octanol–water partition coefficient (Wildman–Crippen LogP) is 0.425. The standard InChI is InChI=1S/C7H11NO2/c1-2-10-7(9)6-4-3-5-8-6/h3,5-6,8H,2,4H2,1H3. The Morgan fingerprint density at radius 1 is 1.90 bits per heavy atom. The quantitative estimate of drug-likeness (QED) is 0.566. The van der Waals surface area contributed by atoms with E-state index in [2.05, 4.69) is 5.32 Å². The van der Waals surface area contributed by atoms with Crippen LogP contribution in [0.5, 0.6) is 0 Å². The van der Waals surface area contributed by atoms with Crippen LogP contribution in [0.1, 0.15) is 13.3 Å². The Morgan fingerprint density at radius 3 is 3.20 bits per heavy atom. The summed E-state index contributed by atoms with van der Waals surface area (Å²) >= 11 is 0. The predicted molar refractivity (Wildman–Crippen MR) is 37.3 cm³/mol. The van der Waals surface area contributed by atoms with Gasteiger partial charge in [-0.2, -0.15) is 0 Å². The number of esters is 1. The smallest absolute Gasteiger partial charge is 0.328 e. The number of ether oxygens (including phenoxy) is 1. The summed E-state index contributed by atoms with van der Waals surface area (Å²) in [6, 6.07) is -0.139. The van der Waals surface area contributed by atoms with Crippen LogP contribution in [-0.2, 0) is 9.53 Å². The van der Waals surface area contributed by atoms with Gasteiger partial charge >= 0.3 is 5.97 Å². The number of hydrogen-bond donors (Lipinski definition) is 1. The maximum Gasteiger partial charge on any atom is 0.328 e. The minimum atomic E-state index is -0.160. The molecular formula is C7H11NO2. The van der Waals surface area contributed by atoms with Crippen LogP contribution in [0.15, 0.2) is 12.3 Å². The van der Waals surface area contributed by atoms with Crippen LogP contribution < -0.4 is 5.32 Å². The summed E-state index contributed by atoms with van der Waals surface area (Å²) in [5.41, 5.74) is 0. The lowest BCUT2D eigenvalue weighted by atomic mass is 10.2. The molecule has 10 heavy (non-hydrogen) atoms. The van der Waals surface area contributed by atoms with Crippen molar-refractivity contribution >= 4 is 5.97 Å². The highest BCUT2D eigenvalue weighted by molar-refractivity contribution is 5.76. The molecule has 1 rings (SSSR count). The fraction of sp³-hybridized carbons (Fsp3) is 0.571. The second-order valence-corrected chi connectivity index (χ2v) is 2.11. The van der Waals surface area contributed by atoms with E-state index >= 15 is 0 Å². The van der Waals surface area contributed by atoms with Gasteiger partial charge in [0, 0.05) is 0 Å². The van der Waals surface area contributed by atoms with Crippen LogP contribution in [-0.4, -0.2) is 18.6 Å². The van der Waals surface area contributed by atoms with E-state index in [9.17, 15) is 4.79 Å². The van der Waals surface area contributed by atoms with Crippen molar-refractivity contribution in [2.75, 3.05) is 6.61 Å². The molecule has 1 N–H and O–H groups in total. The summed E-state index contributed by atoms with van der Waals surface area (Å²) in [7, 11) is 0. The molecule has 3 heteroatoms. The molecular weight excluding hydrogens is 130 g/mol. The Labute approximate surface area is 60.1 Å². The van der Waals surface area contributed by atoms with Gasteiger partial charge in [0.25, 0.3) is 0 Å². The molecule has 0 aliphatic carbocycles. The van der Waals surface area contributed by atoms with E-state index in [1.165, 1.54) is 0 Å². The first-order valence-corrected chi connectivity index (χ1v) is 3.42. The fourth-order valence-corrected chi connectivity index (χ4v) is 0.863. The van der Waals surface area contributed by atoms with E-state index in [0.29, 0.717) is 6.61 Å². The van der Waals surface area contributed by atoms with Gasteiger partial charge in [-0.1, -0.05) is 6.08 Å². The second kappa shape index (κ2) is 3.25. The molecule has 0 aromatic carbocycles. The maximum atomic E-state index is 10.9. The van der Waals surface area contributed by atoms with Crippen LogP contribution >= 0.6 is 0 Å². The first kappa shape index (κ1) is 7.12. The summed E-state index contributed by atoms with van der Waals surface area (Å²) in [4.78, 5) is 10.9. The zero-order valence-electron chi connectivity index (χ0n) is 5.96. The number of nitrogens with one attached hydrogen (secondary N) is 1. The molecule has 0 bridgehead atoms. The topological polar surface area (TPSA) is 38.3 Å². The number of hydrogen-bond acceptors (Lipinski definition) is 3. The van der Waals surface area contributed by atoms with Gasteiger partial charge in [0.15, 0.2) is 0 Å². The van der Waals surface area contributed by atoms with E-state index in [1.807, 2.05) is 6.08 Å². The molecule has 0 aromatic rings. The zero-order chi connectivity index (χ0) is 7.40. The van der Waals surface area contributed by atoms with Crippen LogP contribution in [0.3, 0.4) is 0 Å². The van der Waals surface area contributed by atoms with Crippen LogP contribution in [0.4, 0.5) is 0 Å². The second-order valence-electron chi connectivity index (χ2n) is 2.11. The maximum absolute atomic E-state index is 10.9. The minimum Gasteiger partial charge on any atom is -0.464 e. The van der Waals surface area contributed by atoms with Gasteiger partial charge in [0.1, 0.15) is 6.04 Å². The fourth-order valence-electron chi connectivity index (χ4n) is 0.863. The summed E-state index contributed by atoms with van der Waals surface area (Å²) in [5.74, 6) is -0.160. The summed E-state index contributed by atoms with van der Waals surface area (Å²) in [6.45, 7) is 2.26. The Bertz CT molecular complexity index is 146. The van der Waals surface area contributed by atoms with Crippen LogP contribution in [0.25, 0.3) is 0 Å². The summed E-state index contributed by atoms with van der Waals surface area (Å²) in [5, 5.41) is 2.89. The van der Waals surface area contributed by atoms with E-state index in [0.717, 1.165) is 6.42 Å². The SMILES string of the molecule is CCOC(=O)C1CC=CN1. The molecule has 3 nitrogen and oxygen atoms in total. The molecule has 1 aliphatic heterocycles. The van der Waals surface area contributed by atoms with Crippen LogP contribution in [0, 0.1) is 0 Å². The normalized spacial score (nSPS) is 22.3. The molecule has 56 valence electrons. The lowest BCUT2D eigenvalue weighted by Crippen LogP contribution is -2.31. The molecule has 0 aromatic heterocycles. The molecule has 0 amide bonds. The molecule has 0 spiro atoms. The van der Waals surface area contributed by atoms with Crippen molar-refractivity contribution in [3.05, 3.63) is 12.3 Å². The third-order valence-corrected chi connectivity index (χ3v) is 1.36. The van der Waals surface area contributed by atoms with Gasteiger partial charge in [-0.25, -0.2) is 4.79 Å². The average Bonchev–Trinajstić information content (AvgIpc) is 2.38. The van der Waals surface area contributed by atoms with Crippen molar-refractivity contribution in [2.45, 2.75) is 19.4 Å². The molecule has 0 fully saturated rings. The van der Waals surface area contributed by atoms with Crippen molar-refractivity contribution in [1.29, 1.82) is 0 Å². The Hall–Kier alpha value is -0.990. The molecule has 1 heterocycles. The number of rotatable bonds is 2. The minimum absolute atomic E-state index is 0.139. The van der Waals surface area contributed by atoms with E-state index in [-0.39, 0.29) is 12.0 Å². The molecule has 0 saturated heterocycles. The first-order chi connectivity index (χ1) is 4.84. The van der Waals surface area contributed by atoms with E-state index in [4.69, 9.17) is 4.74 Å². The third kappa shape index (κ3) is 1.50. The third-order valence-electron chi connectivity index (χ3n) is 1.36. The van der Waals surface area contributed by atoms with Crippen molar-refractivity contribution in [1.82, 2.24) is 5.32 Å². The molecule has 0 saturated carbocycles. The largest absolute Gasteiger partial charge is 0.464 e. The first-order valence-electron chi connectivity index (χ1n) is 3.42. The van der Waals surface area contributed by atoms with Gasteiger partial charge in [0.05, 0.1) is 6.61 Å². The van der Waals surface area contributed by atoms with E-state index in [1.54, 1.807) is 13.1 Å². The highest BCUT2D eigenvalue weighted by atomic mass is 16.5. The molecule has 1 atom stereocenters. The Morgan fingerprint density at radius 2 is 2.70 bits per heavy atom. The van der Waals surface area contributed by atoms with Crippen molar-refractivity contribution in [3.63, 3.8) is 0 Å². The van der Waals surface area contributed by atoms with Crippen LogP contribution in [0.2, 0.25) is 0 Å². The zero-order valence-corrected chi connectivity index (χ0v) is 5.96. The highest BCUT2D eigenvalue weighted by Crippen LogP contribution is 2.02. The van der Waals surface area contributed by atoms with Gasteiger partial charge in [-0.05, 0) is 19.5 Å². The molecule has 0 radical (unpaired) electrons. The lowest BCUT2D eigenvalue weighted by molar-refractivity contribution is -0.145. The lowest BCUT2D eigenvalue weighted by Gasteiger charge is -2.08. The van der Waals surface area contributed by atoms with Gasteiger partial charge in [-0.3, -0.25) is 0 Å².